The van der Waals surface area contributed by atoms with Gasteiger partial charge in [-0.15, -0.1) is 0 Å². The number of carbonyl (C=O) groups is 2. The molecule has 0 spiro atoms. The lowest BCUT2D eigenvalue weighted by atomic mass is 9.81. The van der Waals surface area contributed by atoms with Gasteiger partial charge in [-0.25, -0.2) is 4.68 Å². The minimum absolute atomic E-state index is 0.0107. The number of fused-ring (bicyclic) bond motifs is 2. The number of benzene rings is 2. The lowest BCUT2D eigenvalue weighted by molar-refractivity contribution is -0.118. The molecule has 4 aromatic rings. The molecule has 1 aliphatic heterocycles. The van der Waals surface area contributed by atoms with E-state index in [1.54, 1.807) is 23.4 Å². The third-order valence-corrected chi connectivity index (χ3v) is 7.49. The highest BCUT2D eigenvalue weighted by atomic mass is 16.3. The Morgan fingerprint density at radius 2 is 2.05 bits per heavy atom. The Morgan fingerprint density at radius 1 is 1.19 bits per heavy atom. The van der Waals surface area contributed by atoms with Crippen LogP contribution in [0, 0.1) is 6.92 Å². The van der Waals surface area contributed by atoms with Gasteiger partial charge in [-0.05, 0) is 74.6 Å². The standard InChI is InChI=1S/C29H29N5O3/c1-19-13-24(10-12-30-19)34-26-9-8-21(14-22(26)17-31-34)28(36)32-23-6-4-11-29(37,16-23)18-33-25-7-3-2-5-20(25)15-27(33)35/h2-3,5,7-10,12-14,17,23,37H,4,6,11,15-16,18H2,1H3,(H,32,36)/t23-,29-/m0/s1. The number of nitrogens with zero attached hydrogens (tertiary/aromatic N) is 4. The molecule has 2 aromatic heterocycles. The Hall–Kier alpha value is -4.04. The molecule has 0 bridgehead atoms. The zero-order valence-corrected chi connectivity index (χ0v) is 20.7. The molecule has 1 saturated carbocycles. The number of anilines is 1. The van der Waals surface area contributed by atoms with Crippen LogP contribution in [0.15, 0.2) is 67.0 Å². The fourth-order valence-corrected chi connectivity index (χ4v) is 5.70. The third-order valence-electron chi connectivity index (χ3n) is 7.49. The van der Waals surface area contributed by atoms with Crippen LogP contribution in [-0.4, -0.2) is 49.9 Å². The van der Waals surface area contributed by atoms with Crippen LogP contribution in [0.5, 0.6) is 0 Å². The predicted molar refractivity (Wildman–Crippen MR) is 141 cm³/mol. The lowest BCUT2D eigenvalue weighted by Gasteiger charge is -2.39. The Bertz CT molecular complexity index is 1510. The normalized spacial score (nSPS) is 21.3. The zero-order chi connectivity index (χ0) is 25.6. The van der Waals surface area contributed by atoms with E-state index in [4.69, 9.17) is 0 Å². The van der Waals surface area contributed by atoms with Gasteiger partial charge in [0.15, 0.2) is 0 Å². The van der Waals surface area contributed by atoms with E-state index < -0.39 is 5.60 Å². The van der Waals surface area contributed by atoms with Gasteiger partial charge in [-0.3, -0.25) is 14.6 Å². The zero-order valence-electron chi connectivity index (χ0n) is 20.7. The summed E-state index contributed by atoms with van der Waals surface area (Å²) in [6.07, 6.45) is 6.46. The molecule has 0 radical (unpaired) electrons. The van der Waals surface area contributed by atoms with Crippen molar-refractivity contribution in [3.8, 4) is 5.69 Å². The minimum Gasteiger partial charge on any atom is -0.388 e. The van der Waals surface area contributed by atoms with Crippen molar-refractivity contribution in [2.24, 2.45) is 0 Å². The highest BCUT2D eigenvalue weighted by Gasteiger charge is 2.40. The molecule has 1 fully saturated rings. The van der Waals surface area contributed by atoms with Gasteiger partial charge in [0, 0.05) is 34.6 Å². The monoisotopic (exact) mass is 495 g/mol. The van der Waals surface area contributed by atoms with Crippen molar-refractivity contribution in [2.45, 2.75) is 50.7 Å². The molecule has 6 rings (SSSR count). The van der Waals surface area contributed by atoms with Crippen molar-refractivity contribution in [2.75, 3.05) is 11.4 Å². The van der Waals surface area contributed by atoms with E-state index >= 15 is 0 Å². The van der Waals surface area contributed by atoms with E-state index in [2.05, 4.69) is 15.4 Å². The molecule has 2 atom stereocenters. The fraction of sp³-hybridized carbons (Fsp3) is 0.310. The van der Waals surface area contributed by atoms with Crippen molar-refractivity contribution in [3.63, 3.8) is 0 Å². The second-order valence-electron chi connectivity index (χ2n) is 10.3. The molecule has 2 aromatic carbocycles. The molecule has 37 heavy (non-hydrogen) atoms. The number of amides is 2. The van der Waals surface area contributed by atoms with E-state index in [0.717, 1.165) is 46.4 Å². The SMILES string of the molecule is Cc1cc(-n2ncc3cc(C(=O)N[C@H]4CCC[C@@](O)(CN5C(=O)Cc6ccccc65)C4)ccc32)ccn1. The summed E-state index contributed by atoms with van der Waals surface area (Å²) in [6.45, 7) is 2.18. The number of β-amino-alcohol motifs (C(OH)–C–C–N with tert-alkyl or cyclic N) is 1. The Kier molecular flexibility index (Phi) is 5.76. The Labute approximate surface area is 214 Å². The summed E-state index contributed by atoms with van der Waals surface area (Å²) in [4.78, 5) is 31.7. The minimum atomic E-state index is -1.04. The summed E-state index contributed by atoms with van der Waals surface area (Å²) in [6, 6.07) is 17.0. The highest BCUT2D eigenvalue weighted by Crippen LogP contribution is 2.35. The molecule has 0 unspecified atom stereocenters. The van der Waals surface area contributed by atoms with Crippen LogP contribution in [0.4, 0.5) is 5.69 Å². The molecule has 188 valence electrons. The van der Waals surface area contributed by atoms with Gasteiger partial charge >= 0.3 is 0 Å². The Balaban J connectivity index is 1.15. The summed E-state index contributed by atoms with van der Waals surface area (Å²) in [5.41, 5.74) is 4.11. The van der Waals surface area contributed by atoms with Gasteiger partial charge in [0.05, 0.1) is 36.0 Å². The predicted octanol–water partition coefficient (Wildman–Crippen LogP) is 3.72. The van der Waals surface area contributed by atoms with E-state index in [1.165, 1.54) is 0 Å². The highest BCUT2D eigenvalue weighted by molar-refractivity contribution is 6.01. The van der Waals surface area contributed by atoms with Crippen molar-refractivity contribution >= 4 is 28.4 Å². The summed E-state index contributed by atoms with van der Waals surface area (Å²) in [7, 11) is 0. The van der Waals surface area contributed by atoms with E-state index in [-0.39, 0.29) is 24.4 Å². The van der Waals surface area contributed by atoms with Crippen LogP contribution >= 0.6 is 0 Å². The van der Waals surface area contributed by atoms with Crippen LogP contribution in [0.1, 0.15) is 47.3 Å². The first-order chi connectivity index (χ1) is 17.9. The van der Waals surface area contributed by atoms with E-state index in [0.29, 0.717) is 24.8 Å². The number of para-hydroxylation sites is 1. The molecule has 8 nitrogen and oxygen atoms in total. The number of rotatable bonds is 5. The number of pyridine rings is 1. The molecule has 2 N–H and O–H groups in total. The molecular formula is C29H29N5O3. The van der Waals surface area contributed by atoms with Crippen molar-refractivity contribution in [1.82, 2.24) is 20.1 Å². The van der Waals surface area contributed by atoms with Crippen LogP contribution < -0.4 is 10.2 Å². The molecule has 2 amide bonds. The smallest absolute Gasteiger partial charge is 0.251 e. The molecular weight excluding hydrogens is 466 g/mol. The van der Waals surface area contributed by atoms with Gasteiger partial charge in [-0.1, -0.05) is 18.2 Å². The van der Waals surface area contributed by atoms with Crippen LogP contribution in [0.3, 0.4) is 0 Å². The number of nitrogens with one attached hydrogen (secondary N) is 1. The average Bonchev–Trinajstić information content (AvgIpc) is 3.44. The number of carbonyl (C=O) groups excluding carboxylic acids is 2. The van der Waals surface area contributed by atoms with Gasteiger partial charge < -0.3 is 15.3 Å². The van der Waals surface area contributed by atoms with Gasteiger partial charge in [-0.2, -0.15) is 5.10 Å². The van der Waals surface area contributed by atoms with Crippen LogP contribution in [0.25, 0.3) is 16.6 Å². The maximum absolute atomic E-state index is 13.2. The second kappa shape index (κ2) is 9.12. The third kappa shape index (κ3) is 4.49. The fourth-order valence-electron chi connectivity index (χ4n) is 5.70. The largest absolute Gasteiger partial charge is 0.388 e. The Morgan fingerprint density at radius 3 is 2.92 bits per heavy atom. The summed E-state index contributed by atoms with van der Waals surface area (Å²) >= 11 is 0. The van der Waals surface area contributed by atoms with Crippen molar-refractivity contribution < 1.29 is 14.7 Å². The maximum atomic E-state index is 13.2. The van der Waals surface area contributed by atoms with Crippen molar-refractivity contribution in [3.05, 3.63) is 83.8 Å². The van der Waals surface area contributed by atoms with Gasteiger partial charge in [0.1, 0.15) is 0 Å². The summed E-state index contributed by atoms with van der Waals surface area (Å²) in [5.74, 6) is -0.164. The maximum Gasteiger partial charge on any atom is 0.251 e. The number of aliphatic hydroxyl groups is 1. The number of aryl methyl sites for hydroxylation is 1. The summed E-state index contributed by atoms with van der Waals surface area (Å²) in [5, 5.41) is 19.9. The first-order valence-corrected chi connectivity index (χ1v) is 12.7. The van der Waals surface area contributed by atoms with Crippen LogP contribution in [0.2, 0.25) is 0 Å². The number of hydrogen-bond donors (Lipinski definition) is 2. The first kappa shape index (κ1) is 23.4. The second-order valence-corrected chi connectivity index (χ2v) is 10.3. The van der Waals surface area contributed by atoms with E-state index in [9.17, 15) is 14.7 Å². The quantitative estimate of drug-likeness (QED) is 0.440. The van der Waals surface area contributed by atoms with Crippen molar-refractivity contribution in [1.29, 1.82) is 0 Å². The first-order valence-electron chi connectivity index (χ1n) is 12.7. The number of aromatic nitrogens is 3. The van der Waals surface area contributed by atoms with E-state index in [1.807, 2.05) is 60.1 Å². The molecule has 8 heteroatoms. The molecule has 1 aliphatic carbocycles. The average molecular weight is 496 g/mol. The van der Waals surface area contributed by atoms with Gasteiger partial charge in [0.25, 0.3) is 5.91 Å². The summed E-state index contributed by atoms with van der Waals surface area (Å²) < 4.78 is 1.84. The number of hydrogen-bond acceptors (Lipinski definition) is 5. The molecule has 2 aliphatic rings. The lowest BCUT2D eigenvalue weighted by Crippen LogP contribution is -2.52. The van der Waals surface area contributed by atoms with Gasteiger partial charge in [0.2, 0.25) is 5.91 Å². The van der Waals surface area contributed by atoms with Crippen LogP contribution in [-0.2, 0) is 11.2 Å². The topological polar surface area (TPSA) is 100 Å². The molecule has 3 heterocycles. The molecule has 0 saturated heterocycles.